The number of nitro benzene ring substituents is 2. The maximum atomic E-state index is 12.5. The van der Waals surface area contributed by atoms with Crippen molar-refractivity contribution in [3.63, 3.8) is 0 Å². The Balaban J connectivity index is 0.00000630. The zero-order valence-corrected chi connectivity index (χ0v) is 41.4. The average Bonchev–Trinajstić information content (AvgIpc) is 3.24. The Morgan fingerprint density at radius 2 is 1.22 bits per heavy atom. The second-order valence-electron chi connectivity index (χ2n) is 13.4. The molecule has 348 valence electrons. The first-order valence-corrected chi connectivity index (χ1v) is 21.1. The molecule has 69 heavy (non-hydrogen) atoms. The summed E-state index contributed by atoms with van der Waals surface area (Å²) in [6.45, 7) is 1.33. The van der Waals surface area contributed by atoms with E-state index >= 15 is 0 Å². The van der Waals surface area contributed by atoms with Gasteiger partial charge in [0.15, 0.2) is 17.1 Å². The number of phenolic OH excluding ortho intramolecular Hbond substituents is 1. The van der Waals surface area contributed by atoms with Gasteiger partial charge in [-0.1, -0.05) is 0 Å². The smallest absolute Gasteiger partial charge is 0.744 e. The van der Waals surface area contributed by atoms with Crippen LogP contribution in [0.25, 0.3) is 10.8 Å². The zero-order chi connectivity index (χ0) is 49.4. The fourth-order valence-corrected chi connectivity index (χ4v) is 7.08. The minimum Gasteiger partial charge on any atom is -0.744 e. The molecule has 5 aromatic rings. The number of carboxylic acid groups (broad SMARTS) is 1. The number of nitrogens with two attached hydrogens (primary N) is 1. The van der Waals surface area contributed by atoms with Crippen molar-refractivity contribution in [3.8, 4) is 5.75 Å². The summed E-state index contributed by atoms with van der Waals surface area (Å²) < 4.78 is 79.2. The first-order valence-electron chi connectivity index (χ1n) is 18.3. The van der Waals surface area contributed by atoms with E-state index in [0.29, 0.717) is 17.7 Å². The Labute approximate surface area is 431 Å². The number of ether oxygens (including phenoxy) is 1. The molecule has 0 saturated heterocycles. The van der Waals surface area contributed by atoms with Crippen LogP contribution in [0.3, 0.4) is 0 Å². The largest absolute Gasteiger partial charge is 1.00 e. The molecule has 5 aromatic carbocycles. The van der Waals surface area contributed by atoms with Crippen molar-refractivity contribution in [2.75, 3.05) is 23.0 Å². The van der Waals surface area contributed by atoms with Gasteiger partial charge in [0.05, 0.1) is 61.5 Å². The molecule has 0 unspecified atom stereocenters. The number of carboxylic acids is 1. The Kier molecular flexibility index (Phi) is 19.7. The molecule has 0 fully saturated rings. The van der Waals surface area contributed by atoms with E-state index < -0.39 is 115 Å². The van der Waals surface area contributed by atoms with Crippen molar-refractivity contribution in [1.29, 1.82) is 0 Å². The first-order chi connectivity index (χ1) is 31.5. The number of nitrogens with one attached hydrogen (secondary N) is 2. The van der Waals surface area contributed by atoms with E-state index in [1.54, 1.807) is 0 Å². The van der Waals surface area contributed by atoms with Gasteiger partial charge < -0.3 is 40.4 Å². The Morgan fingerprint density at radius 1 is 0.710 bits per heavy atom. The molecule has 0 spiro atoms. The molecule has 0 heterocycles. The molecular formula is C37H29N11Na2O17S2. The molecule has 0 aliphatic rings. The predicted octanol–water partition coefficient (Wildman–Crippen LogP) is 0.620. The third-order valence-electron chi connectivity index (χ3n) is 8.83. The van der Waals surface area contributed by atoms with Gasteiger partial charge in [-0.3, -0.25) is 39.4 Å². The number of nitrogens with zero attached hydrogens (tertiary/aromatic N) is 8. The van der Waals surface area contributed by atoms with Gasteiger partial charge in [-0.25, -0.2) is 16.8 Å². The van der Waals surface area contributed by atoms with E-state index in [1.165, 1.54) is 37.3 Å². The third kappa shape index (κ3) is 14.6. The number of rotatable bonds is 19. The molecule has 5 rings (SSSR count). The van der Waals surface area contributed by atoms with Gasteiger partial charge in [0.2, 0.25) is 11.8 Å². The van der Waals surface area contributed by atoms with Crippen LogP contribution in [0.4, 0.5) is 62.6 Å². The quantitative estimate of drug-likeness (QED) is 0.0111. The van der Waals surface area contributed by atoms with Gasteiger partial charge in [0, 0.05) is 35.3 Å². The van der Waals surface area contributed by atoms with Crippen molar-refractivity contribution >= 4 is 118 Å². The number of amides is 2. The van der Waals surface area contributed by atoms with Crippen molar-refractivity contribution < 1.29 is 129 Å². The van der Waals surface area contributed by atoms with Crippen LogP contribution in [0.15, 0.2) is 107 Å². The summed E-state index contributed by atoms with van der Waals surface area (Å²) in [5.41, 5.74) is 1.99. The third-order valence-corrected chi connectivity index (χ3v) is 10.6. The second-order valence-corrected chi connectivity index (χ2v) is 16.1. The van der Waals surface area contributed by atoms with E-state index in [1.807, 2.05) is 0 Å². The molecule has 0 atom stereocenters. The monoisotopic (exact) mass is 1010 g/mol. The summed E-state index contributed by atoms with van der Waals surface area (Å²) >= 11 is 0. The van der Waals surface area contributed by atoms with E-state index in [-0.39, 0.29) is 113 Å². The van der Waals surface area contributed by atoms with Crippen LogP contribution in [0.1, 0.15) is 24.8 Å². The number of azo groups is 3. The predicted molar refractivity (Wildman–Crippen MR) is 227 cm³/mol. The van der Waals surface area contributed by atoms with Gasteiger partial charge in [0.1, 0.15) is 31.6 Å². The van der Waals surface area contributed by atoms with Crippen molar-refractivity contribution in [2.24, 2.45) is 30.7 Å². The number of phenols is 1. The summed E-state index contributed by atoms with van der Waals surface area (Å²) in [7, 11) is -11.3. The van der Waals surface area contributed by atoms with Crippen LogP contribution in [-0.2, 0) is 44.2 Å². The number of hydrogen-bond acceptors (Lipinski definition) is 23. The molecule has 2 amide bonds. The second kappa shape index (κ2) is 24.0. The number of fused-ring (bicyclic) bond motifs is 1. The molecule has 0 aromatic heterocycles. The topological polar surface area (TPSA) is 443 Å². The Morgan fingerprint density at radius 3 is 1.72 bits per heavy atom. The molecule has 0 radical (unpaired) electrons. The van der Waals surface area contributed by atoms with Crippen LogP contribution in [0.2, 0.25) is 0 Å². The molecule has 6 N–H and O–H groups in total. The van der Waals surface area contributed by atoms with Gasteiger partial charge in [-0.05, 0) is 67.1 Å². The van der Waals surface area contributed by atoms with Crippen LogP contribution < -0.4 is 75.5 Å². The Hall–Kier alpha value is -6.74. The molecule has 32 heteroatoms. The first kappa shape index (κ1) is 56.6. The summed E-state index contributed by atoms with van der Waals surface area (Å²) in [4.78, 5) is 64.4. The molecular weight excluding hydrogens is 981 g/mol. The van der Waals surface area contributed by atoms with Gasteiger partial charge >= 0.3 is 65.1 Å². The normalized spacial score (nSPS) is 11.5. The van der Waals surface area contributed by atoms with Gasteiger partial charge in [0.25, 0.3) is 17.8 Å². The van der Waals surface area contributed by atoms with Gasteiger partial charge in [-0.2, -0.15) is 10.2 Å². The maximum Gasteiger partial charge on any atom is 1.00 e. The van der Waals surface area contributed by atoms with Crippen LogP contribution in [-0.4, -0.2) is 76.9 Å². The standard InChI is InChI=1S/C37H31N11O17S2.2Na/c1-18-12-21(4-5-23(18)42-43-24-6-2-19(13-27(24)47(55)56)39-31(50)8-9-33(52)53)41-45-26-16-29(66(59,60)61)22-15-30(67(62,63)64)36(37(54)34(22)35(26)38)46-44-25-7-3-20(14-28(25)48(57)58)40-32(51)10-11-65-17-49;;/h2-7,12-17,54H,8-11,38H2,1H3,(H,39,50)(H,40,51)(H,52,53)(H,59,60,61)(H,62,63,64);;/q;2*+1/p-2. The van der Waals surface area contributed by atoms with Crippen LogP contribution in [0.5, 0.6) is 5.75 Å². The number of aliphatic carboxylic acids is 1. The van der Waals surface area contributed by atoms with Gasteiger partial charge in [-0.15, -0.1) is 20.5 Å². The summed E-state index contributed by atoms with van der Waals surface area (Å²) in [6.07, 6.45) is -1.15. The SMILES string of the molecule is Cc1cc(N=Nc2cc(S(=O)(=O)[O-])c3cc(S(=O)(=O)[O-])c(N=Nc4ccc(NC(=O)CCOC=O)cc4[N+](=O)[O-])c(O)c3c2N)ccc1N=Nc1ccc(NC(=O)CCC(=O)O)cc1[N+](=O)[O-].[Na+].[Na+]. The van der Waals surface area contributed by atoms with E-state index in [2.05, 4.69) is 46.1 Å². The number of benzene rings is 5. The number of carbonyl (C=O) groups is 4. The molecule has 28 nitrogen and oxygen atoms in total. The number of aromatic hydroxyl groups is 1. The fraction of sp³-hybridized carbons (Fsp3) is 0.135. The average molecular weight is 1010 g/mol. The van der Waals surface area contributed by atoms with E-state index in [0.717, 1.165) is 24.3 Å². The van der Waals surface area contributed by atoms with Crippen molar-refractivity contribution in [3.05, 3.63) is 92.5 Å². The molecule has 0 aliphatic carbocycles. The van der Waals surface area contributed by atoms with E-state index in [4.69, 9.17) is 10.8 Å². The van der Waals surface area contributed by atoms with E-state index in [9.17, 15) is 70.5 Å². The minimum atomic E-state index is -5.71. The minimum absolute atomic E-state index is 0. The van der Waals surface area contributed by atoms with Crippen LogP contribution in [0, 0.1) is 27.2 Å². The molecule has 0 bridgehead atoms. The number of nitrogen functional groups attached to an aromatic ring is 1. The number of hydrogen-bond donors (Lipinski definition) is 5. The van der Waals surface area contributed by atoms with Crippen LogP contribution >= 0.6 is 0 Å². The number of carbonyl (C=O) groups excluding carboxylic acids is 3. The number of nitro groups is 2. The zero-order valence-electron chi connectivity index (χ0n) is 35.7. The Bertz CT molecular complexity index is 3230. The summed E-state index contributed by atoms with van der Waals surface area (Å²) in [6, 6.07) is 11.3. The summed E-state index contributed by atoms with van der Waals surface area (Å²) in [5.74, 6) is -3.95. The molecule has 0 saturated carbocycles. The fourth-order valence-electron chi connectivity index (χ4n) is 5.75. The van der Waals surface area contributed by atoms with Crippen molar-refractivity contribution in [2.45, 2.75) is 36.0 Å². The summed E-state index contributed by atoms with van der Waals surface area (Å²) in [5, 5.41) is 69.8. The number of aryl methyl sites for hydroxylation is 1. The van der Waals surface area contributed by atoms with Crippen molar-refractivity contribution in [1.82, 2.24) is 0 Å². The number of anilines is 3. The molecule has 0 aliphatic heterocycles. The maximum absolute atomic E-state index is 12.5.